The van der Waals surface area contributed by atoms with Gasteiger partial charge < -0.3 is 24.4 Å². The van der Waals surface area contributed by atoms with Crippen molar-refractivity contribution >= 4 is 29.3 Å². The number of carbonyl (C=O) groups excluding carboxylic acids is 2. The topological polar surface area (TPSA) is 90.0 Å². The molecular weight excluding hydrogens is 501 g/mol. The molecule has 37 heavy (non-hydrogen) atoms. The molecule has 2 heterocycles. The Morgan fingerprint density at radius 2 is 1.86 bits per heavy atom. The molecular formula is C27H25ClFN3O5. The highest BCUT2D eigenvalue weighted by Crippen LogP contribution is 2.46. The minimum Gasteiger partial charge on any atom is -0.487 e. The second kappa shape index (κ2) is 10.3. The van der Waals surface area contributed by atoms with Crippen LogP contribution in [0.2, 0.25) is 5.02 Å². The van der Waals surface area contributed by atoms with Gasteiger partial charge in [0.25, 0.3) is 5.91 Å². The average molecular weight is 526 g/mol. The zero-order valence-electron chi connectivity index (χ0n) is 20.1. The maximum absolute atomic E-state index is 13.4. The first-order valence-electron chi connectivity index (χ1n) is 11.8. The van der Waals surface area contributed by atoms with E-state index in [9.17, 15) is 14.0 Å². The molecule has 3 aromatic rings. The van der Waals surface area contributed by atoms with Crippen LogP contribution in [-0.4, -0.2) is 50.0 Å². The van der Waals surface area contributed by atoms with Crippen molar-refractivity contribution in [3.05, 3.63) is 82.5 Å². The van der Waals surface area contributed by atoms with Crippen LogP contribution in [0.4, 0.5) is 10.2 Å². The first kappa shape index (κ1) is 24.8. The highest BCUT2D eigenvalue weighted by Gasteiger charge is 2.46. The van der Waals surface area contributed by atoms with E-state index in [2.05, 4.69) is 10.3 Å². The largest absolute Gasteiger partial charge is 0.487 e. The van der Waals surface area contributed by atoms with E-state index in [0.29, 0.717) is 46.6 Å². The summed E-state index contributed by atoms with van der Waals surface area (Å²) in [6.07, 6.45) is 2.95. The third-order valence-electron chi connectivity index (χ3n) is 6.52. The van der Waals surface area contributed by atoms with Gasteiger partial charge in [0.2, 0.25) is 6.86 Å². The van der Waals surface area contributed by atoms with Crippen LogP contribution in [0.5, 0.6) is 11.5 Å². The Kier molecular flexibility index (Phi) is 6.88. The number of ether oxygens (including phenoxy) is 3. The standard InChI is InChI=1S/C27H25ClFN3O5/c1-35-26(34)17-5-7-18(8-6-17)27(9-10-27)31-25(33)23-11-19(28)13-30-24(23)32-14-22(15-32)37-21-4-2-3-20(12-21)36-16-29/h2-8,11-13,22H,9-10,14-16H2,1H3,(H,31,33). The number of alkyl halides is 1. The highest BCUT2D eigenvalue weighted by molar-refractivity contribution is 6.31. The molecule has 1 aromatic heterocycles. The van der Waals surface area contributed by atoms with Crippen LogP contribution in [0.15, 0.2) is 60.8 Å². The highest BCUT2D eigenvalue weighted by atomic mass is 35.5. The maximum Gasteiger partial charge on any atom is 0.337 e. The normalized spacial score (nSPS) is 15.9. The minimum atomic E-state index is -0.909. The van der Waals surface area contributed by atoms with Gasteiger partial charge in [0.05, 0.1) is 41.9 Å². The molecule has 2 fully saturated rings. The fraction of sp³-hybridized carbons (Fsp3) is 0.296. The zero-order valence-corrected chi connectivity index (χ0v) is 20.8. The fourth-order valence-electron chi connectivity index (χ4n) is 4.37. The molecule has 0 radical (unpaired) electrons. The number of halogens is 2. The Morgan fingerprint density at radius 1 is 1.14 bits per heavy atom. The van der Waals surface area contributed by atoms with E-state index < -0.39 is 18.4 Å². The lowest BCUT2D eigenvalue weighted by molar-refractivity contribution is 0.0600. The van der Waals surface area contributed by atoms with E-state index in [1.807, 2.05) is 17.0 Å². The quantitative estimate of drug-likeness (QED) is 0.411. The second-order valence-electron chi connectivity index (χ2n) is 9.00. The predicted octanol–water partition coefficient (Wildman–Crippen LogP) is 4.51. The lowest BCUT2D eigenvalue weighted by atomic mass is 10.0. The van der Waals surface area contributed by atoms with Crippen molar-refractivity contribution in [2.24, 2.45) is 0 Å². The van der Waals surface area contributed by atoms with Gasteiger partial charge in [0.1, 0.15) is 23.4 Å². The molecule has 1 saturated heterocycles. The number of methoxy groups -OCH3 is 1. The summed E-state index contributed by atoms with van der Waals surface area (Å²) in [5.74, 6) is 0.802. The number of rotatable bonds is 9. The fourth-order valence-corrected chi connectivity index (χ4v) is 4.53. The van der Waals surface area contributed by atoms with E-state index in [0.717, 1.165) is 18.4 Å². The summed E-state index contributed by atoms with van der Waals surface area (Å²) < 4.78 is 28.0. The SMILES string of the molecule is COC(=O)c1ccc(C2(NC(=O)c3cc(Cl)cnc3N3CC(Oc4cccc(OCF)c4)C3)CC2)cc1. The van der Waals surface area contributed by atoms with Crippen LogP contribution in [0.3, 0.4) is 0 Å². The van der Waals surface area contributed by atoms with Crippen LogP contribution < -0.4 is 19.7 Å². The molecule has 8 nitrogen and oxygen atoms in total. The number of nitrogens with one attached hydrogen (secondary N) is 1. The number of carbonyl (C=O) groups is 2. The Labute approximate surface area is 218 Å². The Hall–Kier alpha value is -3.85. The molecule has 2 aliphatic rings. The van der Waals surface area contributed by atoms with E-state index in [1.54, 1.807) is 42.5 Å². The molecule has 0 spiro atoms. The molecule has 0 unspecified atom stereocenters. The number of anilines is 1. The number of nitrogens with zero attached hydrogens (tertiary/aromatic N) is 2. The van der Waals surface area contributed by atoms with Crippen molar-refractivity contribution in [2.75, 3.05) is 32.0 Å². The molecule has 1 amide bonds. The predicted molar refractivity (Wildman–Crippen MR) is 135 cm³/mol. The van der Waals surface area contributed by atoms with Crippen molar-refractivity contribution < 1.29 is 28.2 Å². The molecule has 0 bridgehead atoms. The van der Waals surface area contributed by atoms with Gasteiger partial charge in [-0.05, 0) is 48.7 Å². The first-order chi connectivity index (χ1) is 17.9. The molecule has 192 valence electrons. The molecule has 2 aromatic carbocycles. The number of esters is 1. The molecule has 5 rings (SSSR count). The summed E-state index contributed by atoms with van der Waals surface area (Å²) in [6.45, 7) is 0.125. The van der Waals surface area contributed by atoms with Gasteiger partial charge in [-0.3, -0.25) is 4.79 Å². The van der Waals surface area contributed by atoms with E-state index in [1.165, 1.54) is 13.3 Å². The molecule has 10 heteroatoms. The Balaban J connectivity index is 1.26. The zero-order chi connectivity index (χ0) is 26.0. The van der Waals surface area contributed by atoms with Crippen LogP contribution in [-0.2, 0) is 10.3 Å². The van der Waals surface area contributed by atoms with Crippen LogP contribution >= 0.6 is 11.6 Å². The van der Waals surface area contributed by atoms with Gasteiger partial charge in [0.15, 0.2) is 0 Å². The molecule has 1 aliphatic carbocycles. The molecule has 0 atom stereocenters. The van der Waals surface area contributed by atoms with Crippen molar-refractivity contribution in [3.8, 4) is 11.5 Å². The number of amides is 1. The number of aromatic nitrogens is 1. The average Bonchev–Trinajstić information content (AvgIpc) is 3.67. The van der Waals surface area contributed by atoms with Gasteiger partial charge in [0, 0.05) is 12.3 Å². The number of hydrogen-bond donors (Lipinski definition) is 1. The first-order valence-corrected chi connectivity index (χ1v) is 12.2. The van der Waals surface area contributed by atoms with Gasteiger partial charge >= 0.3 is 5.97 Å². The summed E-state index contributed by atoms with van der Waals surface area (Å²) in [5, 5.41) is 3.51. The van der Waals surface area contributed by atoms with E-state index in [-0.39, 0.29) is 12.0 Å². The van der Waals surface area contributed by atoms with Crippen molar-refractivity contribution in [1.29, 1.82) is 0 Å². The third-order valence-corrected chi connectivity index (χ3v) is 6.72. The number of benzene rings is 2. The summed E-state index contributed by atoms with van der Waals surface area (Å²) in [6, 6.07) is 15.5. The molecule has 1 N–H and O–H groups in total. The van der Waals surface area contributed by atoms with E-state index in [4.69, 9.17) is 25.8 Å². The lowest BCUT2D eigenvalue weighted by Gasteiger charge is -2.40. The molecule has 1 saturated carbocycles. The van der Waals surface area contributed by atoms with E-state index >= 15 is 0 Å². The number of hydrogen-bond acceptors (Lipinski definition) is 7. The summed E-state index contributed by atoms with van der Waals surface area (Å²) >= 11 is 6.20. The van der Waals surface area contributed by atoms with Gasteiger partial charge in [-0.1, -0.05) is 29.8 Å². The summed E-state index contributed by atoms with van der Waals surface area (Å²) in [7, 11) is 1.34. The van der Waals surface area contributed by atoms with Gasteiger partial charge in [-0.2, -0.15) is 0 Å². The summed E-state index contributed by atoms with van der Waals surface area (Å²) in [5.41, 5.74) is 1.24. The Bertz CT molecular complexity index is 1310. The van der Waals surface area contributed by atoms with Crippen LogP contribution in [0.1, 0.15) is 39.1 Å². The molecule has 1 aliphatic heterocycles. The lowest BCUT2D eigenvalue weighted by Crippen LogP contribution is -2.55. The Morgan fingerprint density at radius 3 is 2.54 bits per heavy atom. The van der Waals surface area contributed by atoms with Crippen molar-refractivity contribution in [1.82, 2.24) is 10.3 Å². The van der Waals surface area contributed by atoms with Crippen molar-refractivity contribution in [2.45, 2.75) is 24.5 Å². The smallest absolute Gasteiger partial charge is 0.337 e. The van der Waals surface area contributed by atoms with Gasteiger partial charge in [-0.25, -0.2) is 14.2 Å². The van der Waals surface area contributed by atoms with Crippen LogP contribution in [0, 0.1) is 0 Å². The maximum atomic E-state index is 13.4. The number of pyridine rings is 1. The van der Waals surface area contributed by atoms with Gasteiger partial charge in [-0.15, -0.1) is 0 Å². The third kappa shape index (κ3) is 5.32. The minimum absolute atomic E-state index is 0.128. The monoisotopic (exact) mass is 525 g/mol. The summed E-state index contributed by atoms with van der Waals surface area (Å²) in [4.78, 5) is 31.5. The van der Waals surface area contributed by atoms with Crippen LogP contribution in [0.25, 0.3) is 0 Å². The van der Waals surface area contributed by atoms with Crippen molar-refractivity contribution in [3.63, 3.8) is 0 Å². The second-order valence-corrected chi connectivity index (χ2v) is 9.44.